The number of nitrogens with one attached hydrogen (secondary N) is 1. The molecule has 5 nitrogen and oxygen atoms in total. The van der Waals surface area contributed by atoms with Crippen LogP contribution in [0.5, 0.6) is 0 Å². The van der Waals surface area contributed by atoms with Crippen LogP contribution >= 0.6 is 0 Å². The van der Waals surface area contributed by atoms with Crippen LogP contribution in [0.25, 0.3) is 10.9 Å². The van der Waals surface area contributed by atoms with Gasteiger partial charge in [0.2, 0.25) is 0 Å². The third-order valence-electron chi connectivity index (χ3n) is 2.30. The monoisotopic (exact) mass is 230 g/mol. The van der Waals surface area contributed by atoms with Crippen LogP contribution in [0.2, 0.25) is 0 Å². The summed E-state index contributed by atoms with van der Waals surface area (Å²) in [5.74, 6) is -2.59. The van der Waals surface area contributed by atoms with Crippen LogP contribution in [0.1, 0.15) is 5.69 Å². The van der Waals surface area contributed by atoms with E-state index in [1.807, 2.05) is 25.1 Å². The fourth-order valence-electron chi connectivity index (χ4n) is 1.52. The second-order valence-corrected chi connectivity index (χ2v) is 3.59. The Labute approximate surface area is 97.1 Å². The van der Waals surface area contributed by atoms with Crippen molar-refractivity contribution in [1.82, 2.24) is 4.98 Å². The Morgan fingerprint density at radius 1 is 1.24 bits per heavy atom. The highest BCUT2D eigenvalue weighted by atomic mass is 16.4. The number of pyridine rings is 1. The van der Waals surface area contributed by atoms with Crippen LogP contribution in [0.3, 0.4) is 0 Å². The molecule has 0 radical (unpaired) electrons. The number of nitrogens with zero attached hydrogens (tertiary/aromatic N) is 1. The standard InChI is InChI=1S/C12H10N2O3/c1-7-5-6-8-3-2-4-9(10(8)13-7)14-11(15)12(16)17/h2-6H,1H3,(H,14,15)(H,16,17). The lowest BCUT2D eigenvalue weighted by Gasteiger charge is -2.06. The summed E-state index contributed by atoms with van der Waals surface area (Å²) in [7, 11) is 0. The van der Waals surface area contributed by atoms with Gasteiger partial charge >= 0.3 is 11.9 Å². The van der Waals surface area contributed by atoms with Gasteiger partial charge in [-0.1, -0.05) is 18.2 Å². The van der Waals surface area contributed by atoms with Crippen LogP contribution in [-0.4, -0.2) is 22.0 Å². The van der Waals surface area contributed by atoms with Gasteiger partial charge in [-0.3, -0.25) is 9.78 Å². The molecule has 0 unspecified atom stereocenters. The number of fused-ring (bicyclic) bond motifs is 1. The third-order valence-corrected chi connectivity index (χ3v) is 2.30. The minimum Gasteiger partial charge on any atom is -0.474 e. The maximum absolute atomic E-state index is 11.1. The SMILES string of the molecule is Cc1ccc2cccc(NC(=O)C(=O)O)c2n1. The number of aliphatic carboxylic acids is 1. The first-order valence-electron chi connectivity index (χ1n) is 4.98. The van der Waals surface area contributed by atoms with E-state index in [0.717, 1.165) is 11.1 Å². The number of carboxylic acids is 1. The van der Waals surface area contributed by atoms with Gasteiger partial charge in [0.25, 0.3) is 0 Å². The van der Waals surface area contributed by atoms with Crippen LogP contribution in [0, 0.1) is 6.92 Å². The van der Waals surface area contributed by atoms with E-state index < -0.39 is 11.9 Å². The number of aryl methyl sites for hydroxylation is 1. The van der Waals surface area contributed by atoms with E-state index in [1.165, 1.54) is 0 Å². The zero-order chi connectivity index (χ0) is 12.4. The first kappa shape index (κ1) is 11.1. The molecular formula is C12H10N2O3. The Balaban J connectivity index is 2.50. The molecule has 1 heterocycles. The molecule has 0 fully saturated rings. The quantitative estimate of drug-likeness (QED) is 0.729. The van der Waals surface area contributed by atoms with Gasteiger partial charge in [-0.25, -0.2) is 4.79 Å². The van der Waals surface area contributed by atoms with Crippen LogP contribution < -0.4 is 5.32 Å². The molecule has 0 atom stereocenters. The van der Waals surface area contributed by atoms with Crippen molar-refractivity contribution in [3.63, 3.8) is 0 Å². The second-order valence-electron chi connectivity index (χ2n) is 3.59. The molecule has 2 N–H and O–H groups in total. The summed E-state index contributed by atoms with van der Waals surface area (Å²) in [5, 5.41) is 11.7. The number of hydrogen-bond donors (Lipinski definition) is 2. The van der Waals surface area contributed by atoms with Gasteiger partial charge in [-0.15, -0.1) is 0 Å². The highest BCUT2D eigenvalue weighted by Gasteiger charge is 2.13. The van der Waals surface area contributed by atoms with Crippen molar-refractivity contribution in [1.29, 1.82) is 0 Å². The Bertz CT molecular complexity index is 608. The summed E-state index contributed by atoms with van der Waals surface area (Å²) >= 11 is 0. The summed E-state index contributed by atoms with van der Waals surface area (Å²) in [5.41, 5.74) is 1.79. The third kappa shape index (κ3) is 2.23. The molecule has 0 saturated heterocycles. The number of para-hydroxylation sites is 1. The Kier molecular flexibility index (Phi) is 2.74. The lowest BCUT2D eigenvalue weighted by molar-refractivity contribution is -0.147. The maximum Gasteiger partial charge on any atom is 0.394 e. The van der Waals surface area contributed by atoms with Gasteiger partial charge in [0, 0.05) is 11.1 Å². The number of carboxylic acid groups (broad SMARTS) is 1. The first-order valence-corrected chi connectivity index (χ1v) is 4.98. The van der Waals surface area contributed by atoms with Gasteiger partial charge in [0.05, 0.1) is 11.2 Å². The fourth-order valence-corrected chi connectivity index (χ4v) is 1.52. The molecule has 1 aromatic heterocycles. The molecule has 0 spiro atoms. The van der Waals surface area contributed by atoms with E-state index in [0.29, 0.717) is 11.2 Å². The van der Waals surface area contributed by atoms with Crippen molar-refractivity contribution in [3.8, 4) is 0 Å². The highest BCUT2D eigenvalue weighted by Crippen LogP contribution is 2.21. The Morgan fingerprint density at radius 3 is 2.71 bits per heavy atom. The van der Waals surface area contributed by atoms with E-state index in [-0.39, 0.29) is 0 Å². The first-order chi connectivity index (χ1) is 8.08. The number of carbonyl (C=O) groups is 2. The van der Waals surface area contributed by atoms with Crippen molar-refractivity contribution in [3.05, 3.63) is 36.0 Å². The Morgan fingerprint density at radius 2 is 2.00 bits per heavy atom. The number of amides is 1. The molecule has 1 amide bonds. The van der Waals surface area contributed by atoms with Gasteiger partial charge in [-0.05, 0) is 19.1 Å². The average molecular weight is 230 g/mol. The summed E-state index contributed by atoms with van der Waals surface area (Å²) in [6.45, 7) is 1.83. The zero-order valence-corrected chi connectivity index (χ0v) is 9.10. The molecule has 1 aromatic carbocycles. The molecule has 2 rings (SSSR count). The fraction of sp³-hybridized carbons (Fsp3) is 0.0833. The van der Waals surface area contributed by atoms with Gasteiger partial charge in [-0.2, -0.15) is 0 Å². The van der Waals surface area contributed by atoms with Crippen molar-refractivity contribution in [2.24, 2.45) is 0 Å². The maximum atomic E-state index is 11.1. The molecule has 5 heteroatoms. The lowest BCUT2D eigenvalue weighted by atomic mass is 10.1. The number of aromatic nitrogens is 1. The van der Waals surface area contributed by atoms with Crippen molar-refractivity contribution in [2.45, 2.75) is 6.92 Å². The molecular weight excluding hydrogens is 220 g/mol. The molecule has 0 aliphatic carbocycles. The smallest absolute Gasteiger partial charge is 0.394 e. The van der Waals surface area contributed by atoms with E-state index >= 15 is 0 Å². The van der Waals surface area contributed by atoms with E-state index in [1.54, 1.807) is 12.1 Å². The van der Waals surface area contributed by atoms with E-state index in [9.17, 15) is 9.59 Å². The van der Waals surface area contributed by atoms with Crippen molar-refractivity contribution < 1.29 is 14.7 Å². The average Bonchev–Trinajstić information content (AvgIpc) is 2.29. The molecule has 0 bridgehead atoms. The molecule has 0 aliphatic rings. The minimum atomic E-state index is -1.52. The number of carbonyl (C=O) groups excluding carboxylic acids is 1. The van der Waals surface area contributed by atoms with Crippen LogP contribution in [0.15, 0.2) is 30.3 Å². The molecule has 0 saturated carbocycles. The van der Waals surface area contributed by atoms with Crippen LogP contribution in [-0.2, 0) is 9.59 Å². The molecule has 0 aliphatic heterocycles. The van der Waals surface area contributed by atoms with Gasteiger partial charge in [0.15, 0.2) is 0 Å². The topological polar surface area (TPSA) is 79.3 Å². The predicted octanol–water partition coefficient (Wildman–Crippen LogP) is 1.57. The summed E-state index contributed by atoms with van der Waals surface area (Å²) < 4.78 is 0. The lowest BCUT2D eigenvalue weighted by Crippen LogP contribution is -2.22. The van der Waals surface area contributed by atoms with Crippen molar-refractivity contribution in [2.75, 3.05) is 5.32 Å². The summed E-state index contributed by atoms with van der Waals surface area (Å²) in [6, 6.07) is 8.92. The number of rotatable bonds is 1. The predicted molar refractivity (Wildman–Crippen MR) is 62.7 cm³/mol. The van der Waals surface area contributed by atoms with Gasteiger partial charge in [0.1, 0.15) is 0 Å². The summed E-state index contributed by atoms with van der Waals surface area (Å²) in [4.78, 5) is 25.9. The Hall–Kier alpha value is -2.43. The number of anilines is 1. The molecule has 2 aromatic rings. The van der Waals surface area contributed by atoms with E-state index in [4.69, 9.17) is 5.11 Å². The van der Waals surface area contributed by atoms with Gasteiger partial charge < -0.3 is 10.4 Å². The highest BCUT2D eigenvalue weighted by molar-refractivity contribution is 6.37. The largest absolute Gasteiger partial charge is 0.474 e. The molecule has 17 heavy (non-hydrogen) atoms. The van der Waals surface area contributed by atoms with Crippen LogP contribution in [0.4, 0.5) is 5.69 Å². The second kappa shape index (κ2) is 4.21. The summed E-state index contributed by atoms with van der Waals surface area (Å²) in [6.07, 6.45) is 0. The van der Waals surface area contributed by atoms with Crippen molar-refractivity contribution >= 4 is 28.5 Å². The van der Waals surface area contributed by atoms with E-state index in [2.05, 4.69) is 10.3 Å². The normalized spacial score (nSPS) is 10.2. The number of benzene rings is 1. The zero-order valence-electron chi connectivity index (χ0n) is 9.10. The molecule has 86 valence electrons. The number of hydrogen-bond acceptors (Lipinski definition) is 3. The minimum absolute atomic E-state index is 0.401.